The Morgan fingerprint density at radius 1 is 1.47 bits per heavy atom. The molecule has 1 aromatic rings. The first kappa shape index (κ1) is 12.1. The second-order valence-corrected chi connectivity index (χ2v) is 5.66. The number of allylic oxidation sites excluding steroid dienone is 1. The van der Waals surface area contributed by atoms with Crippen LogP contribution in [0.5, 0.6) is 0 Å². The summed E-state index contributed by atoms with van der Waals surface area (Å²) in [4.78, 5) is 6.53. The molecule has 1 N–H and O–H groups in total. The summed E-state index contributed by atoms with van der Waals surface area (Å²) in [6, 6.07) is 3.90. The molecule has 0 aromatic carbocycles. The van der Waals surface area contributed by atoms with E-state index in [-0.39, 0.29) is 5.76 Å². The normalized spacial score (nSPS) is 15.6. The standard InChI is InChI=1S/C14H17NOS/c1-8(2)11-7-15-14(9(11)3)13-6-5-12(17-13)10(4)16/h5-6,8,16H,4,7H2,1-3H3. The number of aliphatic hydroxyl groups is 1. The molecule has 17 heavy (non-hydrogen) atoms. The van der Waals surface area contributed by atoms with Gasteiger partial charge in [0.1, 0.15) is 5.76 Å². The van der Waals surface area contributed by atoms with Crippen molar-refractivity contribution < 1.29 is 5.11 Å². The summed E-state index contributed by atoms with van der Waals surface area (Å²) >= 11 is 1.54. The first-order valence-electron chi connectivity index (χ1n) is 5.73. The van der Waals surface area contributed by atoms with Crippen LogP contribution in [0.15, 0.2) is 34.9 Å². The molecule has 0 spiro atoms. The lowest BCUT2D eigenvalue weighted by Crippen LogP contribution is -2.00. The van der Waals surface area contributed by atoms with Crippen molar-refractivity contribution in [2.75, 3.05) is 6.54 Å². The maximum absolute atomic E-state index is 9.35. The van der Waals surface area contributed by atoms with Crippen LogP contribution in [-0.4, -0.2) is 17.4 Å². The van der Waals surface area contributed by atoms with Gasteiger partial charge in [-0.05, 0) is 36.1 Å². The smallest absolute Gasteiger partial charge is 0.125 e. The summed E-state index contributed by atoms with van der Waals surface area (Å²) in [5, 5.41) is 9.35. The Morgan fingerprint density at radius 2 is 2.18 bits per heavy atom. The highest BCUT2D eigenvalue weighted by Crippen LogP contribution is 2.30. The maximum atomic E-state index is 9.35. The van der Waals surface area contributed by atoms with Gasteiger partial charge in [0.25, 0.3) is 0 Å². The molecule has 1 aliphatic rings. The van der Waals surface area contributed by atoms with Crippen molar-refractivity contribution in [1.82, 2.24) is 0 Å². The van der Waals surface area contributed by atoms with Crippen molar-refractivity contribution in [2.24, 2.45) is 10.9 Å². The van der Waals surface area contributed by atoms with Gasteiger partial charge in [0.15, 0.2) is 0 Å². The van der Waals surface area contributed by atoms with Crippen molar-refractivity contribution in [2.45, 2.75) is 20.8 Å². The van der Waals surface area contributed by atoms with Crippen LogP contribution in [0.1, 0.15) is 30.5 Å². The van der Waals surface area contributed by atoms with Crippen LogP contribution >= 0.6 is 11.3 Å². The fourth-order valence-corrected chi connectivity index (χ4v) is 2.99. The third-order valence-corrected chi connectivity index (χ3v) is 4.21. The highest BCUT2D eigenvalue weighted by atomic mass is 32.1. The zero-order valence-electron chi connectivity index (χ0n) is 10.4. The van der Waals surface area contributed by atoms with Crippen LogP contribution < -0.4 is 0 Å². The van der Waals surface area contributed by atoms with Gasteiger partial charge in [0.2, 0.25) is 0 Å². The van der Waals surface area contributed by atoms with E-state index in [0.29, 0.717) is 5.92 Å². The van der Waals surface area contributed by atoms with E-state index in [1.165, 1.54) is 11.1 Å². The van der Waals surface area contributed by atoms with Crippen molar-refractivity contribution in [3.8, 4) is 0 Å². The van der Waals surface area contributed by atoms with Gasteiger partial charge in [-0.1, -0.05) is 20.4 Å². The van der Waals surface area contributed by atoms with Crippen LogP contribution in [0.4, 0.5) is 0 Å². The Morgan fingerprint density at radius 3 is 2.65 bits per heavy atom. The number of thiophene rings is 1. The quantitative estimate of drug-likeness (QED) is 0.803. The molecule has 2 rings (SSSR count). The Balaban J connectivity index is 2.33. The molecule has 0 amide bonds. The van der Waals surface area contributed by atoms with Gasteiger partial charge in [0, 0.05) is 0 Å². The number of hydrogen-bond acceptors (Lipinski definition) is 3. The molecule has 0 aliphatic carbocycles. The summed E-state index contributed by atoms with van der Waals surface area (Å²) in [5.41, 5.74) is 3.78. The highest BCUT2D eigenvalue weighted by Gasteiger charge is 2.20. The van der Waals surface area contributed by atoms with Crippen LogP contribution in [0.25, 0.3) is 5.76 Å². The van der Waals surface area contributed by atoms with Crippen molar-refractivity contribution in [1.29, 1.82) is 0 Å². The van der Waals surface area contributed by atoms with E-state index in [1.807, 2.05) is 12.1 Å². The van der Waals surface area contributed by atoms with E-state index >= 15 is 0 Å². The molecule has 0 fully saturated rings. The van der Waals surface area contributed by atoms with Gasteiger partial charge in [-0.2, -0.15) is 0 Å². The molecule has 0 saturated heterocycles. The number of aliphatic imine (C=N–C) groups is 1. The van der Waals surface area contributed by atoms with Crippen LogP contribution in [0, 0.1) is 5.92 Å². The topological polar surface area (TPSA) is 32.6 Å². The Hall–Kier alpha value is -1.35. The summed E-state index contributed by atoms with van der Waals surface area (Å²) in [5.74, 6) is 0.675. The monoisotopic (exact) mass is 247 g/mol. The van der Waals surface area contributed by atoms with E-state index in [1.54, 1.807) is 11.3 Å². The SMILES string of the molecule is C=C(O)c1ccc(C2=NCC(C(C)C)=C2C)s1. The zero-order chi connectivity index (χ0) is 12.6. The van der Waals surface area contributed by atoms with Gasteiger partial charge in [-0.15, -0.1) is 11.3 Å². The summed E-state index contributed by atoms with van der Waals surface area (Å²) in [6.07, 6.45) is 0. The molecule has 1 aliphatic heterocycles. The van der Waals surface area contributed by atoms with E-state index in [2.05, 4.69) is 32.3 Å². The number of aliphatic hydroxyl groups excluding tert-OH is 1. The third kappa shape index (κ3) is 2.20. The molecule has 0 bridgehead atoms. The molecule has 2 nitrogen and oxygen atoms in total. The molecule has 90 valence electrons. The lowest BCUT2D eigenvalue weighted by molar-refractivity contribution is 0.516. The first-order valence-corrected chi connectivity index (χ1v) is 6.55. The highest BCUT2D eigenvalue weighted by molar-refractivity contribution is 7.15. The molecule has 0 saturated carbocycles. The summed E-state index contributed by atoms with van der Waals surface area (Å²) < 4.78 is 0. The molecule has 3 heteroatoms. The van der Waals surface area contributed by atoms with E-state index in [4.69, 9.17) is 0 Å². The van der Waals surface area contributed by atoms with Gasteiger partial charge >= 0.3 is 0 Å². The lowest BCUT2D eigenvalue weighted by Gasteiger charge is -2.07. The fourth-order valence-electron chi connectivity index (χ4n) is 2.05. The van der Waals surface area contributed by atoms with Crippen LogP contribution in [0.3, 0.4) is 0 Å². The molecule has 2 heterocycles. The Labute approximate surface area is 106 Å². The molecular weight excluding hydrogens is 230 g/mol. The molecule has 0 radical (unpaired) electrons. The Bertz CT molecular complexity index is 520. The van der Waals surface area contributed by atoms with Gasteiger partial charge in [-0.25, -0.2) is 0 Å². The van der Waals surface area contributed by atoms with E-state index in [0.717, 1.165) is 22.0 Å². The maximum Gasteiger partial charge on any atom is 0.125 e. The van der Waals surface area contributed by atoms with Gasteiger partial charge in [0.05, 0.1) is 22.0 Å². The van der Waals surface area contributed by atoms with Crippen LogP contribution in [-0.2, 0) is 0 Å². The molecule has 1 aromatic heterocycles. The largest absolute Gasteiger partial charge is 0.507 e. The average molecular weight is 247 g/mol. The van der Waals surface area contributed by atoms with E-state index in [9.17, 15) is 5.11 Å². The first-order chi connectivity index (χ1) is 8.00. The average Bonchev–Trinajstić information content (AvgIpc) is 2.82. The summed E-state index contributed by atoms with van der Waals surface area (Å²) in [7, 11) is 0. The number of rotatable bonds is 3. The predicted molar refractivity (Wildman–Crippen MR) is 74.9 cm³/mol. The number of nitrogens with zero attached hydrogens (tertiary/aromatic N) is 1. The van der Waals surface area contributed by atoms with Crippen molar-refractivity contribution >= 4 is 22.8 Å². The fraction of sp³-hybridized carbons (Fsp3) is 0.357. The predicted octanol–water partition coefficient (Wildman–Crippen LogP) is 4.05. The zero-order valence-corrected chi connectivity index (χ0v) is 11.3. The minimum Gasteiger partial charge on any atom is -0.507 e. The van der Waals surface area contributed by atoms with Crippen LogP contribution in [0.2, 0.25) is 0 Å². The Kier molecular flexibility index (Phi) is 3.20. The van der Waals surface area contributed by atoms with Crippen molar-refractivity contribution in [3.05, 3.63) is 39.6 Å². The van der Waals surface area contributed by atoms with Gasteiger partial charge in [-0.3, -0.25) is 4.99 Å². The molecular formula is C14H17NOS. The molecule has 0 unspecified atom stereocenters. The van der Waals surface area contributed by atoms with E-state index < -0.39 is 0 Å². The third-order valence-electron chi connectivity index (χ3n) is 3.07. The number of hydrogen-bond donors (Lipinski definition) is 1. The molecule has 0 atom stereocenters. The second kappa shape index (κ2) is 4.49. The lowest BCUT2D eigenvalue weighted by atomic mass is 9.98. The second-order valence-electron chi connectivity index (χ2n) is 4.58. The minimum absolute atomic E-state index is 0.130. The summed E-state index contributed by atoms with van der Waals surface area (Å²) in [6.45, 7) is 10.9. The van der Waals surface area contributed by atoms with Gasteiger partial charge < -0.3 is 5.11 Å². The van der Waals surface area contributed by atoms with Crippen molar-refractivity contribution in [3.63, 3.8) is 0 Å². The minimum atomic E-state index is 0.130.